The molecule has 0 bridgehead atoms. The Kier molecular flexibility index (Phi) is 6.29. The van der Waals surface area contributed by atoms with E-state index in [1.165, 1.54) is 58.4 Å². The van der Waals surface area contributed by atoms with Gasteiger partial charge in [0.2, 0.25) is 0 Å². The van der Waals surface area contributed by atoms with Gasteiger partial charge in [0.25, 0.3) is 17.5 Å². The van der Waals surface area contributed by atoms with Crippen molar-refractivity contribution >= 4 is 40.6 Å². The SMILES string of the molecule is CN(C(=O)[C@H](Cc1cscn1)NC(=O)[C@H]1O[C@@H]1C(=O)O)c1cn(-c2ccc([N+](=O)[O-])cc2)nn1. The van der Waals surface area contributed by atoms with Crippen molar-refractivity contribution in [2.75, 3.05) is 11.9 Å². The normalized spacial score (nSPS) is 17.6. The van der Waals surface area contributed by atoms with E-state index in [1.807, 2.05) is 0 Å². The summed E-state index contributed by atoms with van der Waals surface area (Å²) in [5, 5.41) is 32.0. The molecule has 3 atom stereocenters. The number of carboxylic acids is 1. The molecule has 1 saturated heterocycles. The predicted octanol–water partition coefficient (Wildman–Crippen LogP) is 0.174. The van der Waals surface area contributed by atoms with Crippen molar-refractivity contribution in [3.63, 3.8) is 0 Å². The van der Waals surface area contributed by atoms with Crippen LogP contribution in [0.3, 0.4) is 0 Å². The Morgan fingerprint density at radius 2 is 2.06 bits per heavy atom. The highest BCUT2D eigenvalue weighted by molar-refractivity contribution is 7.07. The molecule has 3 heterocycles. The lowest BCUT2D eigenvalue weighted by atomic mass is 10.1. The first-order chi connectivity index (χ1) is 16.2. The monoisotopic (exact) mass is 487 g/mol. The lowest BCUT2D eigenvalue weighted by Gasteiger charge is -2.22. The number of nitrogens with one attached hydrogen (secondary N) is 1. The Morgan fingerprint density at radius 1 is 1.32 bits per heavy atom. The van der Waals surface area contributed by atoms with Crippen molar-refractivity contribution in [2.45, 2.75) is 24.7 Å². The fraction of sp³-hybridized carbons (Fsp3) is 0.263. The van der Waals surface area contributed by atoms with E-state index in [-0.39, 0.29) is 17.9 Å². The van der Waals surface area contributed by atoms with Crippen molar-refractivity contribution in [3.05, 3.63) is 57.2 Å². The van der Waals surface area contributed by atoms with Crippen LogP contribution in [0.1, 0.15) is 5.69 Å². The highest BCUT2D eigenvalue weighted by Gasteiger charge is 2.51. The summed E-state index contributed by atoms with van der Waals surface area (Å²) in [6.07, 6.45) is -0.893. The summed E-state index contributed by atoms with van der Waals surface area (Å²) in [6.45, 7) is 0. The van der Waals surface area contributed by atoms with E-state index in [0.717, 1.165) is 0 Å². The van der Waals surface area contributed by atoms with Crippen molar-refractivity contribution in [3.8, 4) is 5.69 Å². The third-order valence-corrected chi connectivity index (χ3v) is 5.62. The lowest BCUT2D eigenvalue weighted by Crippen LogP contribution is -2.50. The van der Waals surface area contributed by atoms with Crippen LogP contribution in [0.4, 0.5) is 11.5 Å². The fourth-order valence-corrected chi connectivity index (χ4v) is 3.68. The number of aliphatic carboxylic acids is 1. The average Bonchev–Trinajstić information content (AvgIpc) is 3.21. The quantitative estimate of drug-likeness (QED) is 0.239. The first kappa shape index (κ1) is 22.9. The Labute approximate surface area is 194 Å². The maximum Gasteiger partial charge on any atom is 0.336 e. The molecule has 0 aliphatic carbocycles. The first-order valence-corrected chi connectivity index (χ1v) is 10.7. The number of nitrogens with zero attached hydrogens (tertiary/aromatic N) is 6. The van der Waals surface area contributed by atoms with Crippen molar-refractivity contribution in [1.29, 1.82) is 0 Å². The topological polar surface area (TPSA) is 186 Å². The number of benzene rings is 1. The van der Waals surface area contributed by atoms with Gasteiger partial charge in [-0.2, -0.15) is 0 Å². The summed E-state index contributed by atoms with van der Waals surface area (Å²) < 4.78 is 6.20. The highest BCUT2D eigenvalue weighted by atomic mass is 32.1. The molecule has 0 spiro atoms. The second-order valence-corrected chi connectivity index (χ2v) is 7.97. The van der Waals surface area contributed by atoms with Gasteiger partial charge in [0.1, 0.15) is 6.04 Å². The average molecular weight is 487 g/mol. The number of hydrogen-bond donors (Lipinski definition) is 2. The number of likely N-dealkylation sites (N-methyl/N-ethyl adjacent to an activating group) is 1. The molecule has 176 valence electrons. The molecule has 2 aromatic heterocycles. The largest absolute Gasteiger partial charge is 0.479 e. The second kappa shape index (κ2) is 9.32. The number of hydrogen-bond acceptors (Lipinski definition) is 10. The van der Waals surface area contributed by atoms with Crippen LogP contribution in [-0.4, -0.2) is 73.1 Å². The molecule has 15 heteroatoms. The van der Waals surface area contributed by atoms with Gasteiger partial charge in [0.05, 0.1) is 28.0 Å². The predicted molar refractivity (Wildman–Crippen MR) is 115 cm³/mol. The molecule has 2 N–H and O–H groups in total. The smallest absolute Gasteiger partial charge is 0.336 e. The van der Waals surface area contributed by atoms with Crippen LogP contribution in [0.15, 0.2) is 41.4 Å². The maximum absolute atomic E-state index is 13.2. The minimum absolute atomic E-state index is 0.0688. The Bertz CT molecular complexity index is 1230. The number of amides is 2. The molecule has 4 rings (SSSR count). The number of carboxylic acid groups (broad SMARTS) is 1. The van der Waals surface area contributed by atoms with Gasteiger partial charge in [0.15, 0.2) is 18.0 Å². The van der Waals surface area contributed by atoms with E-state index in [1.54, 1.807) is 10.9 Å². The molecule has 34 heavy (non-hydrogen) atoms. The molecule has 14 nitrogen and oxygen atoms in total. The van der Waals surface area contributed by atoms with E-state index >= 15 is 0 Å². The van der Waals surface area contributed by atoms with Crippen LogP contribution in [0.5, 0.6) is 0 Å². The molecule has 2 amide bonds. The van der Waals surface area contributed by atoms with Gasteiger partial charge in [-0.1, -0.05) is 5.21 Å². The summed E-state index contributed by atoms with van der Waals surface area (Å²) in [5.41, 5.74) is 2.56. The molecule has 0 unspecified atom stereocenters. The Hall–Kier alpha value is -4.24. The lowest BCUT2D eigenvalue weighted by molar-refractivity contribution is -0.384. The summed E-state index contributed by atoms with van der Waals surface area (Å²) >= 11 is 1.32. The van der Waals surface area contributed by atoms with Gasteiger partial charge in [-0.25, -0.2) is 14.5 Å². The molecule has 0 radical (unpaired) electrons. The number of rotatable bonds is 9. The molecule has 1 aliphatic rings. The van der Waals surface area contributed by atoms with Crippen molar-refractivity contribution in [1.82, 2.24) is 25.3 Å². The summed E-state index contributed by atoms with van der Waals surface area (Å²) in [4.78, 5) is 52.2. The zero-order valence-electron chi connectivity index (χ0n) is 17.5. The molecule has 3 aromatic rings. The fourth-order valence-electron chi connectivity index (χ4n) is 3.11. The number of non-ortho nitro benzene ring substituents is 1. The number of carbonyl (C=O) groups is 3. The van der Waals surface area contributed by atoms with Crippen molar-refractivity contribution < 1.29 is 29.2 Å². The molecular formula is C19H17N7O7S. The van der Waals surface area contributed by atoms with Gasteiger partial charge in [-0.15, -0.1) is 16.4 Å². The van der Waals surface area contributed by atoms with Gasteiger partial charge >= 0.3 is 5.97 Å². The molecule has 1 aliphatic heterocycles. The number of epoxide rings is 1. The van der Waals surface area contributed by atoms with Crippen LogP contribution in [0, 0.1) is 10.1 Å². The summed E-state index contributed by atoms with van der Waals surface area (Å²) in [6, 6.07) is 4.53. The van der Waals surface area contributed by atoms with Crippen LogP contribution in [-0.2, 0) is 25.5 Å². The van der Waals surface area contributed by atoms with Gasteiger partial charge in [0, 0.05) is 31.0 Å². The second-order valence-electron chi connectivity index (χ2n) is 7.25. The summed E-state index contributed by atoms with van der Waals surface area (Å²) in [5.74, 6) is -2.36. The molecule has 0 saturated carbocycles. The number of carbonyl (C=O) groups excluding carboxylic acids is 2. The first-order valence-electron chi connectivity index (χ1n) is 9.75. The van der Waals surface area contributed by atoms with Gasteiger partial charge in [-0.05, 0) is 12.1 Å². The number of nitro benzene ring substituents is 1. The molecule has 1 fully saturated rings. The van der Waals surface area contributed by atoms with Crippen LogP contribution in [0.25, 0.3) is 5.69 Å². The zero-order chi connectivity index (χ0) is 24.4. The Balaban J connectivity index is 1.50. The Morgan fingerprint density at radius 3 is 2.65 bits per heavy atom. The van der Waals surface area contributed by atoms with E-state index in [4.69, 9.17) is 9.84 Å². The van der Waals surface area contributed by atoms with Gasteiger partial charge in [-0.3, -0.25) is 24.6 Å². The highest BCUT2D eigenvalue weighted by Crippen LogP contribution is 2.23. The van der Waals surface area contributed by atoms with E-state index < -0.39 is 41.0 Å². The number of nitro groups is 1. The van der Waals surface area contributed by atoms with E-state index in [2.05, 4.69) is 20.6 Å². The number of thiazole rings is 1. The van der Waals surface area contributed by atoms with Crippen LogP contribution in [0.2, 0.25) is 0 Å². The minimum atomic E-state index is -1.26. The van der Waals surface area contributed by atoms with Gasteiger partial charge < -0.3 is 15.2 Å². The number of anilines is 1. The third-order valence-electron chi connectivity index (χ3n) is 4.99. The molecular weight excluding hydrogens is 470 g/mol. The van der Waals surface area contributed by atoms with Crippen molar-refractivity contribution in [2.24, 2.45) is 0 Å². The van der Waals surface area contributed by atoms with E-state index in [0.29, 0.717) is 11.4 Å². The molecule has 1 aromatic carbocycles. The number of ether oxygens (including phenoxy) is 1. The van der Waals surface area contributed by atoms with E-state index in [9.17, 15) is 24.5 Å². The minimum Gasteiger partial charge on any atom is -0.479 e. The standard InChI is InChI=1S/C19H17N7O7S/c1-24(14-7-25(23-22-14)11-2-4-12(5-3-11)26(31)32)18(28)13(6-10-8-34-9-20-10)21-17(27)15-16(33-15)19(29)30/h2-5,7-9,13,15-16H,6H2,1H3,(H,21,27)(H,29,30)/t13-,15-,16-/m0/s1. The maximum atomic E-state index is 13.2. The summed E-state index contributed by atoms with van der Waals surface area (Å²) in [7, 11) is 1.44. The van der Waals surface area contributed by atoms with Crippen LogP contribution >= 0.6 is 11.3 Å². The van der Waals surface area contributed by atoms with Crippen LogP contribution < -0.4 is 10.2 Å². The number of aromatic nitrogens is 4. The third kappa shape index (κ3) is 4.89. The zero-order valence-corrected chi connectivity index (χ0v) is 18.3.